The van der Waals surface area contributed by atoms with Crippen LogP contribution in [0.15, 0.2) is 61.1 Å². The molecule has 1 atom stereocenters. The van der Waals surface area contributed by atoms with Gasteiger partial charge in [0, 0.05) is 21.8 Å². The largest absolute Gasteiger partial charge is 0.389 e. The normalized spacial score (nSPS) is 12.7. The van der Waals surface area contributed by atoms with Crippen LogP contribution in [0.5, 0.6) is 0 Å². The number of fused-ring (bicyclic) bond motifs is 3. The molecule has 4 aromatic rings. The summed E-state index contributed by atoms with van der Waals surface area (Å²) in [7, 11) is 0. The molecule has 0 bridgehead atoms. The summed E-state index contributed by atoms with van der Waals surface area (Å²) in [5.74, 6) is -0.218. The Morgan fingerprint density at radius 2 is 1.64 bits per heavy atom. The van der Waals surface area contributed by atoms with Crippen molar-refractivity contribution < 1.29 is 10.0 Å². The molecule has 0 fully saturated rings. The van der Waals surface area contributed by atoms with E-state index in [-0.39, 0.29) is 12.4 Å². The lowest BCUT2D eigenvalue weighted by molar-refractivity contribution is -0.389. The second-order valence-corrected chi connectivity index (χ2v) is 5.98. The van der Waals surface area contributed by atoms with Gasteiger partial charge in [-0.15, -0.1) is 0 Å². The van der Waals surface area contributed by atoms with Gasteiger partial charge in [-0.3, -0.25) is 0 Å². The van der Waals surface area contributed by atoms with Gasteiger partial charge in [-0.25, -0.2) is 0 Å². The molecule has 4 rings (SSSR count). The van der Waals surface area contributed by atoms with Crippen molar-refractivity contribution in [3.05, 3.63) is 71.2 Å². The van der Waals surface area contributed by atoms with Gasteiger partial charge in [0.1, 0.15) is 6.20 Å². The smallest absolute Gasteiger partial charge is 0.381 e. The highest BCUT2D eigenvalue weighted by Gasteiger charge is 2.16. The third kappa shape index (κ3) is 2.74. The van der Waals surface area contributed by atoms with Gasteiger partial charge in [-0.05, 0) is 22.0 Å². The molecule has 0 amide bonds. The predicted octanol–water partition coefficient (Wildman–Crippen LogP) is 2.96. The Morgan fingerprint density at radius 3 is 2.20 bits per heavy atom. The first-order chi connectivity index (χ1) is 12.1. The van der Waals surface area contributed by atoms with E-state index >= 15 is 0 Å². The molecule has 0 spiro atoms. The van der Waals surface area contributed by atoms with E-state index in [1.165, 1.54) is 17.1 Å². The fourth-order valence-corrected chi connectivity index (χ4v) is 3.25. The van der Waals surface area contributed by atoms with Crippen LogP contribution in [0.1, 0.15) is 0 Å². The Bertz CT molecular complexity index is 1010. The molecule has 0 aliphatic carbocycles. The molecule has 2 aromatic heterocycles. The molecule has 0 aliphatic rings. The number of nitro groups is 1. The van der Waals surface area contributed by atoms with Gasteiger partial charge in [0.25, 0.3) is 0 Å². The quantitative estimate of drug-likeness (QED) is 0.448. The summed E-state index contributed by atoms with van der Waals surface area (Å²) < 4.78 is 3.62. The molecule has 0 aliphatic heterocycles. The van der Waals surface area contributed by atoms with Crippen LogP contribution in [0, 0.1) is 10.1 Å². The summed E-state index contributed by atoms with van der Waals surface area (Å²) in [6, 6.07) is 16.2. The average molecular weight is 336 g/mol. The molecule has 1 N–H and O–H groups in total. The highest BCUT2D eigenvalue weighted by atomic mass is 16.6. The summed E-state index contributed by atoms with van der Waals surface area (Å²) in [6.07, 6.45) is 2.00. The number of para-hydroxylation sites is 2. The van der Waals surface area contributed by atoms with E-state index < -0.39 is 11.0 Å². The SMILES string of the molecule is O=[N+]([O-])c1cn(CC(O)Cn2c3ccccc3c3ccccc32)cn1. The summed E-state index contributed by atoms with van der Waals surface area (Å²) in [6.45, 7) is 0.627. The monoisotopic (exact) mass is 336 g/mol. The number of aromatic nitrogens is 3. The molecule has 7 nitrogen and oxygen atoms in total. The lowest BCUT2D eigenvalue weighted by Crippen LogP contribution is -2.21. The molecule has 0 radical (unpaired) electrons. The number of rotatable bonds is 5. The molecule has 2 heterocycles. The van der Waals surface area contributed by atoms with Crippen LogP contribution in [-0.4, -0.2) is 30.3 Å². The zero-order chi connectivity index (χ0) is 17.4. The lowest BCUT2D eigenvalue weighted by Gasteiger charge is -2.14. The molecule has 0 saturated heterocycles. The first-order valence-corrected chi connectivity index (χ1v) is 7.93. The fraction of sp³-hybridized carbons (Fsp3) is 0.167. The zero-order valence-electron chi connectivity index (χ0n) is 13.3. The van der Waals surface area contributed by atoms with Crippen LogP contribution in [0.25, 0.3) is 21.8 Å². The third-order valence-corrected chi connectivity index (χ3v) is 4.30. The molecular formula is C18H16N4O3. The topological polar surface area (TPSA) is 86.1 Å². The van der Waals surface area contributed by atoms with Crippen molar-refractivity contribution in [3.8, 4) is 0 Å². The summed E-state index contributed by atoms with van der Waals surface area (Å²) in [5.41, 5.74) is 2.11. The molecule has 0 saturated carbocycles. The Kier molecular flexibility index (Phi) is 3.70. The third-order valence-electron chi connectivity index (χ3n) is 4.30. The number of hydrogen-bond acceptors (Lipinski definition) is 4. The minimum absolute atomic E-state index is 0.218. The van der Waals surface area contributed by atoms with Gasteiger partial charge in [0.05, 0.1) is 19.2 Å². The molecule has 25 heavy (non-hydrogen) atoms. The minimum Gasteiger partial charge on any atom is -0.389 e. The van der Waals surface area contributed by atoms with E-state index in [1.54, 1.807) is 0 Å². The Labute approximate surface area is 142 Å². The summed E-state index contributed by atoms with van der Waals surface area (Å²) >= 11 is 0. The van der Waals surface area contributed by atoms with Crippen LogP contribution in [0.2, 0.25) is 0 Å². The van der Waals surface area contributed by atoms with E-state index in [4.69, 9.17) is 0 Å². The highest BCUT2D eigenvalue weighted by Crippen LogP contribution is 2.28. The Morgan fingerprint density at radius 1 is 1.04 bits per heavy atom. The van der Waals surface area contributed by atoms with E-state index in [0.29, 0.717) is 6.54 Å². The first-order valence-electron chi connectivity index (χ1n) is 7.93. The van der Waals surface area contributed by atoms with Crippen LogP contribution >= 0.6 is 0 Å². The first kappa shape index (κ1) is 15.3. The molecule has 126 valence electrons. The zero-order valence-corrected chi connectivity index (χ0v) is 13.3. The number of imidazole rings is 1. The second-order valence-electron chi connectivity index (χ2n) is 5.98. The van der Waals surface area contributed by atoms with Crippen molar-refractivity contribution in [2.75, 3.05) is 0 Å². The lowest BCUT2D eigenvalue weighted by atomic mass is 10.2. The number of benzene rings is 2. The predicted molar refractivity (Wildman–Crippen MR) is 94.3 cm³/mol. The Hall–Kier alpha value is -3.19. The van der Waals surface area contributed by atoms with Crippen molar-refractivity contribution >= 4 is 27.6 Å². The summed E-state index contributed by atoms with van der Waals surface area (Å²) in [4.78, 5) is 13.9. The minimum atomic E-state index is -0.701. The molecule has 1 unspecified atom stereocenters. The number of aliphatic hydroxyl groups excluding tert-OH is 1. The van der Waals surface area contributed by atoms with E-state index in [9.17, 15) is 15.2 Å². The maximum atomic E-state index is 10.7. The van der Waals surface area contributed by atoms with Crippen molar-refractivity contribution in [3.63, 3.8) is 0 Å². The number of nitrogens with zero attached hydrogens (tertiary/aromatic N) is 4. The van der Waals surface area contributed by atoms with Crippen molar-refractivity contribution in [2.45, 2.75) is 19.2 Å². The van der Waals surface area contributed by atoms with Crippen molar-refractivity contribution in [2.24, 2.45) is 0 Å². The molecular weight excluding hydrogens is 320 g/mol. The molecule has 7 heteroatoms. The number of hydrogen-bond donors (Lipinski definition) is 1. The Balaban J connectivity index is 1.66. The summed E-state index contributed by atoms with van der Waals surface area (Å²) in [5, 5.41) is 23.5. The van der Waals surface area contributed by atoms with Crippen molar-refractivity contribution in [1.29, 1.82) is 0 Å². The standard InChI is InChI=1S/C18H16N4O3/c23-13(9-20-11-18(19-12-20)22(24)25)10-21-16-7-3-1-5-14(16)15-6-2-4-8-17(15)21/h1-8,11-13,23H,9-10H2. The van der Waals surface area contributed by atoms with Gasteiger partial charge >= 0.3 is 5.82 Å². The maximum absolute atomic E-state index is 10.7. The van der Waals surface area contributed by atoms with Gasteiger partial charge in [-0.2, -0.15) is 0 Å². The number of aliphatic hydroxyl groups is 1. The van der Waals surface area contributed by atoms with E-state index in [0.717, 1.165) is 21.8 Å². The van der Waals surface area contributed by atoms with E-state index in [2.05, 4.69) is 21.7 Å². The van der Waals surface area contributed by atoms with Crippen LogP contribution in [0.3, 0.4) is 0 Å². The van der Waals surface area contributed by atoms with Crippen LogP contribution in [-0.2, 0) is 13.1 Å². The highest BCUT2D eigenvalue weighted by molar-refractivity contribution is 6.07. The van der Waals surface area contributed by atoms with Gasteiger partial charge in [0.2, 0.25) is 6.33 Å². The fourth-order valence-electron chi connectivity index (χ4n) is 3.25. The average Bonchev–Trinajstić information content (AvgIpc) is 3.19. The van der Waals surface area contributed by atoms with Gasteiger partial charge in [0.15, 0.2) is 0 Å². The van der Waals surface area contributed by atoms with Gasteiger partial charge < -0.3 is 24.4 Å². The van der Waals surface area contributed by atoms with Gasteiger partial charge in [-0.1, -0.05) is 36.4 Å². The van der Waals surface area contributed by atoms with Crippen molar-refractivity contribution in [1.82, 2.24) is 14.1 Å². The van der Waals surface area contributed by atoms with E-state index in [1.807, 2.05) is 36.4 Å². The van der Waals surface area contributed by atoms with Crippen LogP contribution < -0.4 is 0 Å². The van der Waals surface area contributed by atoms with Crippen LogP contribution in [0.4, 0.5) is 5.82 Å². The second kappa shape index (κ2) is 6.03. The molecule has 2 aromatic carbocycles. The maximum Gasteiger partial charge on any atom is 0.381 e.